The van der Waals surface area contributed by atoms with Gasteiger partial charge in [-0.3, -0.25) is 0 Å². The van der Waals surface area contributed by atoms with E-state index in [1.165, 1.54) is 11.8 Å². The molecule has 0 N–H and O–H groups in total. The third-order valence-corrected chi connectivity index (χ3v) is 7.20. The zero-order valence-electron chi connectivity index (χ0n) is 14.7. The number of benzene rings is 1. The van der Waals surface area contributed by atoms with Gasteiger partial charge < -0.3 is 8.83 Å². The monoisotopic (exact) mass is 405 g/mol. The molecule has 0 bridgehead atoms. The Morgan fingerprint density at radius 3 is 2.78 bits per heavy atom. The summed E-state index contributed by atoms with van der Waals surface area (Å²) < 4.78 is 34.6. The molecule has 0 amide bonds. The first-order chi connectivity index (χ1) is 13.0. The van der Waals surface area contributed by atoms with E-state index in [1.807, 2.05) is 37.3 Å². The third-order valence-electron chi connectivity index (χ3n) is 4.45. The maximum atomic E-state index is 11.6. The van der Waals surface area contributed by atoms with Crippen LogP contribution in [0.25, 0.3) is 11.3 Å². The Balaban J connectivity index is 1.38. The van der Waals surface area contributed by atoms with Crippen LogP contribution < -0.4 is 0 Å². The molecule has 1 aromatic carbocycles. The number of thioether (sulfide) groups is 1. The molecule has 1 aliphatic rings. The van der Waals surface area contributed by atoms with Crippen LogP contribution in [0.5, 0.6) is 0 Å². The molecule has 3 aromatic rings. The maximum Gasteiger partial charge on any atom is 0.277 e. The molecule has 7 nitrogen and oxygen atoms in total. The van der Waals surface area contributed by atoms with E-state index in [0.29, 0.717) is 35.6 Å². The van der Waals surface area contributed by atoms with Crippen molar-refractivity contribution in [1.29, 1.82) is 0 Å². The van der Waals surface area contributed by atoms with E-state index in [-0.39, 0.29) is 22.7 Å². The molecule has 2 atom stereocenters. The van der Waals surface area contributed by atoms with E-state index in [1.54, 1.807) is 6.20 Å². The first-order valence-corrected chi connectivity index (χ1v) is 11.4. The lowest BCUT2D eigenvalue weighted by molar-refractivity contribution is 0.388. The fourth-order valence-corrected chi connectivity index (χ4v) is 5.67. The highest BCUT2D eigenvalue weighted by molar-refractivity contribution is 7.99. The molecule has 2 aromatic heterocycles. The Morgan fingerprint density at radius 1 is 1.22 bits per heavy atom. The van der Waals surface area contributed by atoms with Crippen molar-refractivity contribution in [2.75, 3.05) is 11.5 Å². The van der Waals surface area contributed by atoms with Crippen molar-refractivity contribution in [3.8, 4) is 11.3 Å². The highest BCUT2D eigenvalue weighted by Crippen LogP contribution is 2.35. The smallest absolute Gasteiger partial charge is 0.277 e. The fraction of sp³-hybridized carbons (Fsp3) is 0.389. The van der Waals surface area contributed by atoms with E-state index >= 15 is 0 Å². The van der Waals surface area contributed by atoms with Crippen molar-refractivity contribution in [2.45, 2.75) is 30.2 Å². The number of oxazole rings is 1. The van der Waals surface area contributed by atoms with Gasteiger partial charge in [-0.1, -0.05) is 42.1 Å². The molecular formula is C18H19N3O4S2. The molecule has 142 valence electrons. The number of sulfone groups is 1. The van der Waals surface area contributed by atoms with Gasteiger partial charge in [-0.15, -0.1) is 10.2 Å². The van der Waals surface area contributed by atoms with Gasteiger partial charge in [0.05, 0.1) is 23.0 Å². The van der Waals surface area contributed by atoms with Crippen LogP contribution >= 0.6 is 11.8 Å². The molecule has 27 heavy (non-hydrogen) atoms. The number of hydrogen-bond acceptors (Lipinski definition) is 8. The number of rotatable bonds is 6. The van der Waals surface area contributed by atoms with Crippen LogP contribution in [0.1, 0.15) is 30.4 Å². The largest absolute Gasteiger partial charge is 0.440 e. The Kier molecular flexibility index (Phi) is 5.05. The van der Waals surface area contributed by atoms with Crippen LogP contribution in [0, 0.1) is 5.92 Å². The third kappa shape index (κ3) is 4.41. The zero-order chi connectivity index (χ0) is 18.9. The summed E-state index contributed by atoms with van der Waals surface area (Å²) in [5.41, 5.74) is 0.972. The number of aromatic nitrogens is 3. The predicted octanol–water partition coefficient (Wildman–Crippen LogP) is 3.56. The maximum absolute atomic E-state index is 11.6. The first kappa shape index (κ1) is 18.2. The summed E-state index contributed by atoms with van der Waals surface area (Å²) in [7, 11) is -2.90. The van der Waals surface area contributed by atoms with Crippen LogP contribution in [-0.4, -0.2) is 35.1 Å². The molecule has 0 spiro atoms. The Morgan fingerprint density at radius 2 is 2.04 bits per heavy atom. The second kappa shape index (κ2) is 7.47. The van der Waals surface area contributed by atoms with Gasteiger partial charge >= 0.3 is 0 Å². The van der Waals surface area contributed by atoms with Crippen molar-refractivity contribution < 1.29 is 17.3 Å². The van der Waals surface area contributed by atoms with Crippen LogP contribution in [0.15, 0.2) is 50.6 Å². The van der Waals surface area contributed by atoms with Gasteiger partial charge in [0, 0.05) is 12.0 Å². The number of hydrogen-bond donors (Lipinski definition) is 0. The lowest BCUT2D eigenvalue weighted by atomic mass is 10.1. The minimum absolute atomic E-state index is 0.0610. The summed E-state index contributed by atoms with van der Waals surface area (Å²) in [6.07, 6.45) is 2.86. The van der Waals surface area contributed by atoms with Crippen LogP contribution in [-0.2, 0) is 16.3 Å². The second-order valence-electron chi connectivity index (χ2n) is 6.62. The second-order valence-corrected chi connectivity index (χ2v) is 10.1. The summed E-state index contributed by atoms with van der Waals surface area (Å²) in [6, 6.07) is 9.79. The summed E-state index contributed by atoms with van der Waals surface area (Å²) in [5, 5.41) is 8.43. The van der Waals surface area contributed by atoms with E-state index < -0.39 is 9.84 Å². The first-order valence-electron chi connectivity index (χ1n) is 8.69. The quantitative estimate of drug-likeness (QED) is 0.574. The van der Waals surface area contributed by atoms with Crippen molar-refractivity contribution in [1.82, 2.24) is 15.2 Å². The molecule has 0 saturated carbocycles. The van der Waals surface area contributed by atoms with Crippen LogP contribution in [0.2, 0.25) is 0 Å². The average Bonchev–Trinajstić information content (AvgIpc) is 3.36. The lowest BCUT2D eigenvalue weighted by Gasteiger charge is -2.04. The lowest BCUT2D eigenvalue weighted by Crippen LogP contribution is -2.07. The molecule has 4 rings (SSSR count). The van der Waals surface area contributed by atoms with E-state index in [9.17, 15) is 8.42 Å². The van der Waals surface area contributed by atoms with Gasteiger partial charge in [-0.05, 0) is 19.3 Å². The summed E-state index contributed by atoms with van der Waals surface area (Å²) in [5.74, 6) is 2.29. The van der Waals surface area contributed by atoms with Gasteiger partial charge in [0.1, 0.15) is 0 Å². The van der Waals surface area contributed by atoms with Crippen molar-refractivity contribution in [2.24, 2.45) is 5.92 Å². The van der Waals surface area contributed by atoms with Gasteiger partial charge in [0.2, 0.25) is 11.8 Å². The molecule has 1 fully saturated rings. The van der Waals surface area contributed by atoms with Crippen molar-refractivity contribution in [3.05, 3.63) is 48.3 Å². The topological polar surface area (TPSA) is 99.1 Å². The predicted molar refractivity (Wildman–Crippen MR) is 101 cm³/mol. The molecule has 0 radical (unpaired) electrons. The highest BCUT2D eigenvalue weighted by Gasteiger charge is 2.29. The average molecular weight is 406 g/mol. The molecule has 9 heteroatoms. The molecule has 2 unspecified atom stereocenters. The van der Waals surface area contributed by atoms with Crippen LogP contribution in [0.3, 0.4) is 0 Å². The van der Waals surface area contributed by atoms with Crippen LogP contribution in [0.4, 0.5) is 0 Å². The van der Waals surface area contributed by atoms with Gasteiger partial charge in [0.15, 0.2) is 15.6 Å². The molecule has 3 heterocycles. The van der Waals surface area contributed by atoms with Crippen molar-refractivity contribution >= 4 is 21.6 Å². The van der Waals surface area contributed by atoms with E-state index in [0.717, 1.165) is 5.56 Å². The van der Waals surface area contributed by atoms with Crippen molar-refractivity contribution in [3.63, 3.8) is 0 Å². The summed E-state index contributed by atoms with van der Waals surface area (Å²) in [6.45, 7) is 1.96. The normalized spacial score (nSPS) is 20.0. The van der Waals surface area contributed by atoms with Gasteiger partial charge in [-0.2, -0.15) is 0 Å². The summed E-state index contributed by atoms with van der Waals surface area (Å²) >= 11 is 1.37. The SMILES string of the molecule is CC(Sc1nnc(CC2CCS(=O)(=O)C2)o1)c1ncc(-c2ccccc2)o1. The number of nitrogens with zero attached hydrogens (tertiary/aromatic N) is 3. The minimum atomic E-state index is -2.90. The van der Waals surface area contributed by atoms with Gasteiger partial charge in [-0.25, -0.2) is 13.4 Å². The minimum Gasteiger partial charge on any atom is -0.440 e. The van der Waals surface area contributed by atoms with E-state index in [2.05, 4.69) is 15.2 Å². The Hall–Kier alpha value is -2.13. The Labute approximate surface area is 161 Å². The Bertz CT molecular complexity index is 1010. The molecule has 1 aliphatic heterocycles. The van der Waals surface area contributed by atoms with Gasteiger partial charge in [0.25, 0.3) is 5.22 Å². The van der Waals surface area contributed by atoms with E-state index in [4.69, 9.17) is 8.83 Å². The highest BCUT2D eigenvalue weighted by atomic mass is 32.2. The molecule has 1 saturated heterocycles. The fourth-order valence-electron chi connectivity index (χ4n) is 3.06. The molecule has 0 aliphatic carbocycles. The summed E-state index contributed by atoms with van der Waals surface area (Å²) in [4.78, 5) is 4.35. The zero-order valence-corrected chi connectivity index (χ0v) is 16.4. The molecular weight excluding hydrogens is 386 g/mol. The standard InChI is InChI=1S/C18H19N3O4S2/c1-12(17-19-10-15(24-17)14-5-3-2-4-6-14)26-18-21-20-16(25-18)9-13-7-8-27(22,23)11-13/h2-6,10,12-13H,7-9,11H2,1H3.